The number of benzene rings is 1. The summed E-state index contributed by atoms with van der Waals surface area (Å²) >= 11 is 6.03. The lowest BCUT2D eigenvalue weighted by Gasteiger charge is -2.17. The second kappa shape index (κ2) is 10.1. The molecule has 0 fully saturated rings. The molecular formula is C24H20ClF2N5O3. The second-order valence-corrected chi connectivity index (χ2v) is 7.77. The molecule has 35 heavy (non-hydrogen) atoms. The molecule has 4 rings (SSSR count). The van der Waals surface area contributed by atoms with E-state index in [1.54, 1.807) is 49.5 Å². The minimum absolute atomic E-state index is 0.0545. The van der Waals surface area contributed by atoms with Crippen LogP contribution in [-0.2, 0) is 4.74 Å². The first-order valence-electron chi connectivity index (χ1n) is 10.4. The first kappa shape index (κ1) is 24.1. The molecule has 0 saturated carbocycles. The van der Waals surface area contributed by atoms with E-state index < -0.39 is 18.6 Å². The Morgan fingerprint density at radius 3 is 2.60 bits per heavy atom. The molecule has 0 saturated heterocycles. The van der Waals surface area contributed by atoms with E-state index in [4.69, 9.17) is 26.5 Å². The molecule has 11 heteroatoms. The number of hydrogen-bond donors (Lipinski definition) is 2. The summed E-state index contributed by atoms with van der Waals surface area (Å²) in [5, 5.41) is 16.0. The normalized spacial score (nSPS) is 14.8. The Kier molecular flexibility index (Phi) is 6.92. The molecule has 1 aromatic carbocycles. The molecule has 2 N–H and O–H groups in total. The topological polar surface area (TPSA) is 102 Å². The van der Waals surface area contributed by atoms with E-state index in [0.29, 0.717) is 33.3 Å². The Balaban J connectivity index is 1.97. The Morgan fingerprint density at radius 1 is 1.20 bits per heavy atom. The molecule has 8 nitrogen and oxygen atoms in total. The van der Waals surface area contributed by atoms with Crippen LogP contribution in [0.25, 0.3) is 27.9 Å². The molecular weight excluding hydrogens is 480 g/mol. The lowest BCUT2D eigenvalue weighted by molar-refractivity contribution is 0.0798. The van der Waals surface area contributed by atoms with Crippen LogP contribution in [0, 0.1) is 5.41 Å². The molecule has 0 spiro atoms. The van der Waals surface area contributed by atoms with Crippen molar-refractivity contribution < 1.29 is 18.3 Å². The number of allylic oxidation sites excluding steroid dienone is 5. The zero-order valence-corrected chi connectivity index (χ0v) is 19.4. The number of hydrogen-bond acceptors (Lipinski definition) is 7. The number of aromatic nitrogens is 3. The van der Waals surface area contributed by atoms with Gasteiger partial charge in [0.05, 0.1) is 29.7 Å². The third-order valence-corrected chi connectivity index (χ3v) is 5.36. The average Bonchev–Trinajstić information content (AvgIpc) is 2.85. The molecule has 2 aromatic heterocycles. The van der Waals surface area contributed by atoms with E-state index >= 15 is 0 Å². The highest BCUT2D eigenvalue weighted by Crippen LogP contribution is 2.28. The van der Waals surface area contributed by atoms with E-state index in [0.717, 1.165) is 0 Å². The van der Waals surface area contributed by atoms with E-state index in [2.05, 4.69) is 15.4 Å². The van der Waals surface area contributed by atoms with Gasteiger partial charge in [-0.25, -0.2) is 13.8 Å². The fourth-order valence-electron chi connectivity index (χ4n) is 3.54. The first-order valence-corrected chi connectivity index (χ1v) is 10.8. The van der Waals surface area contributed by atoms with Crippen molar-refractivity contribution in [3.8, 4) is 17.0 Å². The van der Waals surface area contributed by atoms with Crippen LogP contribution in [0.15, 0.2) is 70.9 Å². The number of rotatable bonds is 7. The number of halogens is 3. The van der Waals surface area contributed by atoms with Gasteiger partial charge in [-0.3, -0.25) is 4.79 Å². The number of nitrogens with zero attached hydrogens (tertiary/aromatic N) is 3. The van der Waals surface area contributed by atoms with Crippen molar-refractivity contribution in [1.29, 1.82) is 5.41 Å². The summed E-state index contributed by atoms with van der Waals surface area (Å²) in [6.07, 6.45) is 2.06. The smallest absolute Gasteiger partial charge is 0.281 e. The highest BCUT2D eigenvalue weighted by Gasteiger charge is 2.20. The van der Waals surface area contributed by atoms with Crippen LogP contribution >= 0.6 is 11.6 Å². The minimum atomic E-state index is -2.67. The van der Waals surface area contributed by atoms with Gasteiger partial charge < -0.3 is 20.2 Å². The molecule has 0 amide bonds. The van der Waals surface area contributed by atoms with Crippen LogP contribution in [0.4, 0.5) is 8.78 Å². The van der Waals surface area contributed by atoms with Gasteiger partial charge >= 0.3 is 0 Å². The van der Waals surface area contributed by atoms with E-state index in [1.807, 2.05) is 0 Å². The maximum absolute atomic E-state index is 13.7. The van der Waals surface area contributed by atoms with Gasteiger partial charge in [0, 0.05) is 18.1 Å². The van der Waals surface area contributed by atoms with Gasteiger partial charge in [0.1, 0.15) is 11.0 Å². The lowest BCUT2D eigenvalue weighted by atomic mass is 10.0. The van der Waals surface area contributed by atoms with E-state index in [1.165, 1.54) is 23.9 Å². The molecule has 0 unspecified atom stereocenters. The van der Waals surface area contributed by atoms with Crippen LogP contribution in [0.5, 0.6) is 5.88 Å². The zero-order chi connectivity index (χ0) is 25.1. The summed E-state index contributed by atoms with van der Waals surface area (Å²) < 4.78 is 36.8. The van der Waals surface area contributed by atoms with E-state index in [9.17, 15) is 13.6 Å². The molecule has 1 aliphatic rings. The van der Waals surface area contributed by atoms with Gasteiger partial charge in [-0.15, -0.1) is 0 Å². The highest BCUT2D eigenvalue weighted by atomic mass is 35.5. The van der Waals surface area contributed by atoms with Crippen molar-refractivity contribution in [2.75, 3.05) is 20.8 Å². The van der Waals surface area contributed by atoms with Crippen molar-refractivity contribution in [3.05, 3.63) is 81.5 Å². The average molecular weight is 500 g/mol. The summed E-state index contributed by atoms with van der Waals surface area (Å²) in [5.41, 5.74) is 1.73. The summed E-state index contributed by atoms with van der Waals surface area (Å²) in [5.74, 6) is 0.298. The first-order chi connectivity index (χ1) is 16.8. The summed E-state index contributed by atoms with van der Waals surface area (Å²) in [6, 6.07) is 9.53. The fourth-order valence-corrected chi connectivity index (χ4v) is 3.66. The van der Waals surface area contributed by atoms with Crippen LogP contribution in [0.1, 0.15) is 0 Å². The number of pyridine rings is 1. The largest absolute Gasteiger partial charge is 0.482 e. The van der Waals surface area contributed by atoms with Gasteiger partial charge in [-0.1, -0.05) is 23.7 Å². The SMILES string of the molecule is CN/C(OC)=C1/C=C(n2nc3ccc(OCC(F)F)nc3c(-c3ccc(Cl)cc3)c2=O)C=CC1=N. The third kappa shape index (κ3) is 4.92. The maximum atomic E-state index is 13.7. The molecule has 2 heterocycles. The van der Waals surface area contributed by atoms with Gasteiger partial charge in [0.15, 0.2) is 12.5 Å². The highest BCUT2D eigenvalue weighted by molar-refractivity contribution is 6.30. The van der Waals surface area contributed by atoms with Crippen molar-refractivity contribution in [3.63, 3.8) is 0 Å². The van der Waals surface area contributed by atoms with Crippen molar-refractivity contribution >= 4 is 34.0 Å². The summed E-state index contributed by atoms with van der Waals surface area (Å²) in [7, 11) is 3.12. The Hall–Kier alpha value is -4.05. The van der Waals surface area contributed by atoms with Crippen LogP contribution in [0.3, 0.4) is 0 Å². The van der Waals surface area contributed by atoms with Crippen molar-refractivity contribution in [2.24, 2.45) is 0 Å². The van der Waals surface area contributed by atoms with Crippen LogP contribution in [-0.4, -0.2) is 47.7 Å². The molecule has 180 valence electrons. The minimum Gasteiger partial charge on any atom is -0.482 e. The summed E-state index contributed by atoms with van der Waals surface area (Å²) in [6.45, 7) is -0.828. The van der Waals surface area contributed by atoms with Crippen LogP contribution < -0.4 is 15.6 Å². The Morgan fingerprint density at radius 2 is 1.94 bits per heavy atom. The molecule has 0 radical (unpaired) electrons. The molecule has 0 bridgehead atoms. The summed E-state index contributed by atoms with van der Waals surface area (Å²) in [4.78, 5) is 18.0. The molecule has 0 atom stereocenters. The maximum Gasteiger partial charge on any atom is 0.281 e. The molecule has 0 aliphatic heterocycles. The molecule has 3 aromatic rings. The standard InChI is InChI=1S/C24H20ClF2N5O3/c1-29-23(34-2)16-11-15(7-8-17(16)28)32-24(33)21(13-3-5-14(25)6-4-13)22-18(31-32)9-10-20(30-22)35-12-19(26)27/h3-11,19,28-29H,12H2,1-2H3/b23-16+,28-17?. The number of fused-ring (bicyclic) bond motifs is 1. The van der Waals surface area contributed by atoms with Gasteiger partial charge in [-0.05, 0) is 42.0 Å². The Labute approximate surface area is 203 Å². The van der Waals surface area contributed by atoms with Gasteiger partial charge in [0.2, 0.25) is 5.88 Å². The van der Waals surface area contributed by atoms with Gasteiger partial charge in [0.25, 0.3) is 12.0 Å². The number of methoxy groups -OCH3 is 1. The van der Waals surface area contributed by atoms with Gasteiger partial charge in [-0.2, -0.15) is 9.78 Å². The van der Waals surface area contributed by atoms with Crippen molar-refractivity contribution in [2.45, 2.75) is 6.43 Å². The number of nitrogens with one attached hydrogen (secondary N) is 2. The number of alkyl halides is 2. The monoisotopic (exact) mass is 499 g/mol. The predicted molar refractivity (Wildman–Crippen MR) is 130 cm³/mol. The van der Waals surface area contributed by atoms with Crippen LogP contribution in [0.2, 0.25) is 5.02 Å². The van der Waals surface area contributed by atoms with Crippen molar-refractivity contribution in [1.82, 2.24) is 20.1 Å². The second-order valence-electron chi connectivity index (χ2n) is 7.33. The lowest BCUT2D eigenvalue weighted by Crippen LogP contribution is -2.26. The Bertz CT molecular complexity index is 1440. The van der Waals surface area contributed by atoms with E-state index in [-0.39, 0.29) is 22.7 Å². The quantitative estimate of drug-likeness (QED) is 0.471. The number of ether oxygens (including phenoxy) is 2. The molecule has 1 aliphatic carbocycles. The zero-order valence-electron chi connectivity index (χ0n) is 18.7. The predicted octanol–water partition coefficient (Wildman–Crippen LogP) is 4.26. The fraction of sp³-hybridized carbons (Fsp3) is 0.167. The third-order valence-electron chi connectivity index (χ3n) is 5.11.